The smallest absolute Gasteiger partial charge is 0.0653 e. The molecule has 0 saturated carbocycles. The fraction of sp³-hybridized carbons (Fsp3) is 0.444. The lowest BCUT2D eigenvalue weighted by Gasteiger charge is -2.36. The van der Waals surface area contributed by atoms with Gasteiger partial charge in [0, 0.05) is 38.5 Å². The fourth-order valence-corrected chi connectivity index (χ4v) is 3.55. The number of benzene rings is 1. The van der Waals surface area contributed by atoms with Crippen LogP contribution in [0.1, 0.15) is 31.2 Å². The van der Waals surface area contributed by atoms with Crippen LogP contribution in [0, 0.1) is 5.92 Å². The summed E-state index contributed by atoms with van der Waals surface area (Å²) in [4.78, 5) is 2.27. The predicted molar refractivity (Wildman–Crippen MR) is 90.6 cm³/mol. The molecule has 2 unspecified atom stereocenters. The van der Waals surface area contributed by atoms with Crippen LogP contribution in [0.15, 0.2) is 41.7 Å². The monoisotopic (exact) mass is 283 g/mol. The van der Waals surface area contributed by atoms with E-state index in [2.05, 4.69) is 66.9 Å². The van der Waals surface area contributed by atoms with Crippen molar-refractivity contribution in [2.45, 2.75) is 25.7 Å². The second-order valence-electron chi connectivity index (χ2n) is 6.18. The average Bonchev–Trinajstić information content (AvgIpc) is 2.69. The van der Waals surface area contributed by atoms with Gasteiger partial charge in [0.1, 0.15) is 0 Å². The van der Waals surface area contributed by atoms with Gasteiger partial charge in [-0.05, 0) is 30.4 Å². The maximum atomic E-state index is 3.74. The van der Waals surface area contributed by atoms with Gasteiger partial charge in [-0.25, -0.2) is 0 Å². The summed E-state index contributed by atoms with van der Waals surface area (Å²) in [6, 6.07) is 6.53. The van der Waals surface area contributed by atoms with Gasteiger partial charge in [0.15, 0.2) is 0 Å². The normalized spacial score (nSPS) is 23.8. The van der Waals surface area contributed by atoms with Crippen LogP contribution < -0.4 is 10.6 Å². The molecule has 3 rings (SSSR count). The molecular weight excluding hydrogens is 258 g/mol. The number of nitrogens with one attached hydrogen (secondary N) is 2. The van der Waals surface area contributed by atoms with Gasteiger partial charge < -0.3 is 15.5 Å². The Bertz CT molecular complexity index is 598. The zero-order chi connectivity index (χ0) is 15.0. The van der Waals surface area contributed by atoms with Gasteiger partial charge in [-0.15, -0.1) is 0 Å². The number of anilines is 2. The van der Waals surface area contributed by atoms with E-state index in [0.717, 1.165) is 12.8 Å². The van der Waals surface area contributed by atoms with E-state index in [-0.39, 0.29) is 0 Å². The summed E-state index contributed by atoms with van der Waals surface area (Å²) in [5.74, 6) is 0.943. The maximum Gasteiger partial charge on any atom is 0.0653 e. The van der Waals surface area contributed by atoms with Crippen LogP contribution in [0.2, 0.25) is 0 Å². The van der Waals surface area contributed by atoms with Crippen molar-refractivity contribution in [2.75, 3.05) is 31.8 Å². The molecule has 2 N–H and O–H groups in total. The Kier molecular flexibility index (Phi) is 3.66. The Hall–Kier alpha value is -1.90. The molecule has 0 aromatic heterocycles. The van der Waals surface area contributed by atoms with E-state index in [9.17, 15) is 0 Å². The van der Waals surface area contributed by atoms with Crippen molar-refractivity contribution < 1.29 is 0 Å². The van der Waals surface area contributed by atoms with Crippen molar-refractivity contribution in [3.05, 3.63) is 47.3 Å². The molecule has 1 aliphatic carbocycles. The molecule has 3 heteroatoms. The van der Waals surface area contributed by atoms with Crippen molar-refractivity contribution in [3.63, 3.8) is 0 Å². The van der Waals surface area contributed by atoms with Gasteiger partial charge in [0.2, 0.25) is 0 Å². The van der Waals surface area contributed by atoms with Gasteiger partial charge in [-0.3, -0.25) is 0 Å². The van der Waals surface area contributed by atoms with Crippen molar-refractivity contribution in [1.82, 2.24) is 4.90 Å². The molecule has 3 nitrogen and oxygen atoms in total. The van der Waals surface area contributed by atoms with Gasteiger partial charge in [0.25, 0.3) is 0 Å². The molecule has 1 aromatic rings. The molecule has 0 spiro atoms. The van der Waals surface area contributed by atoms with Crippen LogP contribution in [0.4, 0.5) is 11.4 Å². The van der Waals surface area contributed by atoms with Crippen LogP contribution in [0.5, 0.6) is 0 Å². The Morgan fingerprint density at radius 3 is 2.81 bits per heavy atom. The van der Waals surface area contributed by atoms with E-state index in [4.69, 9.17) is 0 Å². The first-order valence-corrected chi connectivity index (χ1v) is 7.78. The van der Waals surface area contributed by atoms with Gasteiger partial charge in [-0.1, -0.05) is 31.2 Å². The fourth-order valence-electron chi connectivity index (χ4n) is 3.55. The molecule has 0 bridgehead atoms. The van der Waals surface area contributed by atoms with Crippen molar-refractivity contribution >= 4 is 11.4 Å². The van der Waals surface area contributed by atoms with Crippen molar-refractivity contribution in [2.24, 2.45) is 5.92 Å². The van der Waals surface area contributed by atoms with Gasteiger partial charge in [-0.2, -0.15) is 0 Å². The van der Waals surface area contributed by atoms with E-state index < -0.39 is 0 Å². The molecular formula is C18H25N3. The molecule has 0 radical (unpaired) electrons. The lowest BCUT2D eigenvalue weighted by molar-refractivity contribution is 0.467. The average molecular weight is 283 g/mol. The Morgan fingerprint density at radius 2 is 2.10 bits per heavy atom. The SMILES string of the molecule is CNc1cccc2c1NC1=C(N(C)C)CCC=CC1C2C. The second-order valence-corrected chi connectivity index (χ2v) is 6.18. The van der Waals surface area contributed by atoms with Crippen LogP contribution in [0.3, 0.4) is 0 Å². The molecule has 2 atom stereocenters. The van der Waals surface area contributed by atoms with Crippen molar-refractivity contribution in [1.29, 1.82) is 0 Å². The van der Waals surface area contributed by atoms with E-state index in [1.165, 1.54) is 28.3 Å². The topological polar surface area (TPSA) is 27.3 Å². The Labute approximate surface area is 127 Å². The zero-order valence-electron chi connectivity index (χ0n) is 13.4. The first-order valence-electron chi connectivity index (χ1n) is 7.78. The number of allylic oxidation sites excluding steroid dienone is 3. The highest BCUT2D eigenvalue weighted by molar-refractivity contribution is 5.77. The standard InChI is InChI=1S/C18H25N3/c1-12-13-9-7-10-15(19-2)17(13)20-18-14(12)8-5-6-11-16(18)21(3)4/h5,7-10,12,14,19-20H,6,11H2,1-4H3. The van der Waals surface area contributed by atoms with E-state index in [1.54, 1.807) is 0 Å². The predicted octanol–water partition coefficient (Wildman–Crippen LogP) is 4.00. The molecule has 0 amide bonds. The van der Waals surface area contributed by atoms with Crippen LogP contribution in [0.25, 0.3) is 0 Å². The summed E-state index contributed by atoms with van der Waals surface area (Å²) in [6.07, 6.45) is 6.95. The molecule has 112 valence electrons. The lowest BCUT2D eigenvalue weighted by atomic mass is 9.80. The summed E-state index contributed by atoms with van der Waals surface area (Å²) in [5.41, 5.74) is 6.62. The molecule has 0 fully saturated rings. The van der Waals surface area contributed by atoms with E-state index in [1.807, 2.05) is 7.05 Å². The highest BCUT2D eigenvalue weighted by Crippen LogP contribution is 2.46. The number of hydrogen-bond donors (Lipinski definition) is 2. The molecule has 1 aliphatic heterocycles. The number of fused-ring (bicyclic) bond motifs is 2. The van der Waals surface area contributed by atoms with Crippen LogP contribution >= 0.6 is 0 Å². The number of hydrogen-bond acceptors (Lipinski definition) is 3. The summed E-state index contributed by atoms with van der Waals surface area (Å²) >= 11 is 0. The Balaban J connectivity index is 2.17. The highest BCUT2D eigenvalue weighted by Gasteiger charge is 2.32. The largest absolute Gasteiger partial charge is 0.386 e. The molecule has 2 aliphatic rings. The minimum absolute atomic E-state index is 0.449. The Morgan fingerprint density at radius 1 is 1.29 bits per heavy atom. The number of rotatable bonds is 2. The van der Waals surface area contributed by atoms with Gasteiger partial charge >= 0.3 is 0 Å². The van der Waals surface area contributed by atoms with Crippen LogP contribution in [-0.2, 0) is 0 Å². The number of para-hydroxylation sites is 1. The van der Waals surface area contributed by atoms with Gasteiger partial charge in [0.05, 0.1) is 11.4 Å². The third-order valence-corrected chi connectivity index (χ3v) is 4.73. The molecule has 1 aromatic carbocycles. The number of nitrogens with zero attached hydrogens (tertiary/aromatic N) is 1. The molecule has 1 heterocycles. The zero-order valence-corrected chi connectivity index (χ0v) is 13.4. The quantitative estimate of drug-likeness (QED) is 0.803. The molecule has 0 saturated heterocycles. The highest BCUT2D eigenvalue weighted by atomic mass is 15.1. The lowest BCUT2D eigenvalue weighted by Crippen LogP contribution is -2.28. The van der Waals surface area contributed by atoms with E-state index >= 15 is 0 Å². The first-order chi connectivity index (χ1) is 10.1. The minimum Gasteiger partial charge on any atom is -0.386 e. The first kappa shape index (κ1) is 14.1. The molecule has 21 heavy (non-hydrogen) atoms. The maximum absolute atomic E-state index is 3.74. The van der Waals surface area contributed by atoms with Crippen molar-refractivity contribution in [3.8, 4) is 0 Å². The minimum atomic E-state index is 0.449. The second kappa shape index (κ2) is 5.47. The third kappa shape index (κ3) is 2.31. The summed E-state index contributed by atoms with van der Waals surface area (Å²) in [6.45, 7) is 2.34. The van der Waals surface area contributed by atoms with E-state index in [0.29, 0.717) is 11.8 Å². The summed E-state index contributed by atoms with van der Waals surface area (Å²) in [5, 5.41) is 7.06. The van der Waals surface area contributed by atoms with Crippen LogP contribution in [-0.4, -0.2) is 26.0 Å². The third-order valence-electron chi connectivity index (χ3n) is 4.73. The summed E-state index contributed by atoms with van der Waals surface area (Å²) < 4.78 is 0. The summed E-state index contributed by atoms with van der Waals surface area (Å²) in [7, 11) is 6.29.